The third kappa shape index (κ3) is 4.66. The summed E-state index contributed by atoms with van der Waals surface area (Å²) in [6, 6.07) is 5.23. The number of nitrogens with one attached hydrogen (secondary N) is 2. The molecule has 0 spiro atoms. The molecule has 32 heavy (non-hydrogen) atoms. The van der Waals surface area contributed by atoms with Crippen molar-refractivity contribution >= 4 is 11.8 Å². The van der Waals surface area contributed by atoms with E-state index >= 15 is 0 Å². The molecule has 0 bridgehead atoms. The lowest BCUT2D eigenvalue weighted by atomic mass is 9.76. The second kappa shape index (κ2) is 9.67. The number of amides is 2. The predicted octanol–water partition coefficient (Wildman–Crippen LogP) is 3.15. The highest BCUT2D eigenvalue weighted by Gasteiger charge is 2.35. The van der Waals surface area contributed by atoms with E-state index in [1.807, 2.05) is 0 Å². The van der Waals surface area contributed by atoms with Crippen LogP contribution in [0.5, 0.6) is 5.75 Å². The highest BCUT2D eigenvalue weighted by atomic mass is 16.5. The van der Waals surface area contributed by atoms with Crippen LogP contribution in [-0.4, -0.2) is 33.8 Å². The van der Waals surface area contributed by atoms with Crippen molar-refractivity contribution in [3.8, 4) is 17.2 Å². The van der Waals surface area contributed by atoms with Crippen LogP contribution in [0.3, 0.4) is 0 Å². The first-order chi connectivity index (χ1) is 15.6. The molecule has 1 fully saturated rings. The first-order valence-electron chi connectivity index (χ1n) is 10.8. The summed E-state index contributed by atoms with van der Waals surface area (Å²) in [4.78, 5) is 36.3. The Kier molecular flexibility index (Phi) is 6.53. The number of pyridine rings is 1. The third-order valence-electron chi connectivity index (χ3n) is 5.91. The van der Waals surface area contributed by atoms with Crippen LogP contribution in [0.1, 0.15) is 59.8 Å². The number of nitrogens with zero attached hydrogens (tertiary/aromatic N) is 2. The summed E-state index contributed by atoms with van der Waals surface area (Å²) in [5.74, 6) is -0.205. The number of imidazole rings is 1. The molecule has 1 aliphatic carbocycles. The largest absolute Gasteiger partial charge is 0.486 e. The van der Waals surface area contributed by atoms with Gasteiger partial charge in [0.25, 0.3) is 5.91 Å². The summed E-state index contributed by atoms with van der Waals surface area (Å²) in [6.07, 6.45) is 10.0. The van der Waals surface area contributed by atoms with E-state index in [4.69, 9.17) is 14.9 Å². The number of aromatic nitrogens is 3. The van der Waals surface area contributed by atoms with Crippen LogP contribution in [-0.2, 0) is 11.4 Å². The number of ether oxygens (including phenoxy) is 1. The van der Waals surface area contributed by atoms with Crippen molar-refractivity contribution in [2.75, 3.05) is 7.05 Å². The summed E-state index contributed by atoms with van der Waals surface area (Å²) < 4.78 is 11.5. The number of aromatic amines is 1. The molecule has 2 amide bonds. The molecule has 0 aliphatic heterocycles. The zero-order chi connectivity index (χ0) is 22.5. The first kappa shape index (κ1) is 21.6. The molecular weight excluding hydrogens is 410 g/mol. The molecule has 1 aliphatic rings. The van der Waals surface area contributed by atoms with Gasteiger partial charge < -0.3 is 25.2 Å². The van der Waals surface area contributed by atoms with Gasteiger partial charge >= 0.3 is 0 Å². The van der Waals surface area contributed by atoms with Gasteiger partial charge in [-0.2, -0.15) is 0 Å². The number of nitrogens with two attached hydrogens (primary N) is 1. The van der Waals surface area contributed by atoms with Crippen molar-refractivity contribution in [2.45, 2.75) is 44.6 Å². The Morgan fingerprint density at radius 3 is 2.72 bits per heavy atom. The Morgan fingerprint density at radius 2 is 2.09 bits per heavy atom. The minimum Gasteiger partial charge on any atom is -0.486 e. The van der Waals surface area contributed by atoms with Gasteiger partial charge in [0, 0.05) is 12.6 Å². The van der Waals surface area contributed by atoms with E-state index in [0.29, 0.717) is 29.4 Å². The number of hydrogen-bond acceptors (Lipinski definition) is 6. The van der Waals surface area contributed by atoms with Crippen LogP contribution < -0.4 is 15.8 Å². The van der Waals surface area contributed by atoms with E-state index in [1.54, 1.807) is 44.0 Å². The third-order valence-corrected chi connectivity index (χ3v) is 5.91. The van der Waals surface area contributed by atoms with Crippen LogP contribution >= 0.6 is 0 Å². The molecule has 168 valence electrons. The van der Waals surface area contributed by atoms with Crippen LogP contribution in [0.4, 0.5) is 0 Å². The van der Waals surface area contributed by atoms with Gasteiger partial charge in [-0.3, -0.25) is 9.59 Å². The van der Waals surface area contributed by atoms with Crippen molar-refractivity contribution < 1.29 is 18.7 Å². The Bertz CT molecular complexity index is 1050. The number of hydrogen-bond donors (Lipinski definition) is 3. The molecule has 0 saturated heterocycles. The average molecular weight is 438 g/mol. The van der Waals surface area contributed by atoms with Gasteiger partial charge in [0.2, 0.25) is 5.91 Å². The van der Waals surface area contributed by atoms with Crippen molar-refractivity contribution in [3.63, 3.8) is 0 Å². The maximum absolute atomic E-state index is 12.8. The van der Waals surface area contributed by atoms with E-state index in [2.05, 4.69) is 20.3 Å². The average Bonchev–Trinajstić information content (AvgIpc) is 3.49. The molecule has 0 unspecified atom stereocenters. The molecule has 1 saturated carbocycles. The Morgan fingerprint density at radius 1 is 1.28 bits per heavy atom. The van der Waals surface area contributed by atoms with Crippen molar-refractivity contribution in [3.05, 3.63) is 53.9 Å². The van der Waals surface area contributed by atoms with Gasteiger partial charge in [-0.05, 0) is 37.0 Å². The van der Waals surface area contributed by atoms with Crippen molar-refractivity contribution in [1.29, 1.82) is 0 Å². The number of H-pyrrole nitrogens is 1. The second-order valence-electron chi connectivity index (χ2n) is 7.99. The number of rotatable bonds is 8. The smallest absolute Gasteiger partial charge is 0.284 e. The number of carbonyl (C=O) groups is 2. The van der Waals surface area contributed by atoms with Gasteiger partial charge in [-0.15, -0.1) is 0 Å². The van der Waals surface area contributed by atoms with Crippen molar-refractivity contribution in [2.24, 2.45) is 11.7 Å². The van der Waals surface area contributed by atoms with Crippen LogP contribution in [0, 0.1) is 5.92 Å². The van der Waals surface area contributed by atoms with E-state index in [9.17, 15) is 9.59 Å². The molecule has 1 atom stereocenters. The Labute approximate surface area is 185 Å². The van der Waals surface area contributed by atoms with E-state index < -0.39 is 11.8 Å². The van der Waals surface area contributed by atoms with Gasteiger partial charge in [0.15, 0.2) is 11.5 Å². The fourth-order valence-corrected chi connectivity index (χ4v) is 4.32. The second-order valence-corrected chi connectivity index (χ2v) is 7.99. The molecule has 0 aromatic carbocycles. The lowest BCUT2D eigenvalue weighted by molar-refractivity contribution is -0.123. The van der Waals surface area contributed by atoms with Crippen LogP contribution in [0.15, 0.2) is 41.3 Å². The standard InChI is InChI=1S/C23H27N5O4/c1-25-23(30)20(14-5-3-2-4-6-14)17-9-19(32-21(17)22(24)29)18-8-7-16(11-27-18)31-12-15-10-26-13-28-15/h7-11,13-14,20H,2-6,12H2,1H3,(H2,24,29)(H,25,30)(H,26,28)/t20-/m0/s1. The summed E-state index contributed by atoms with van der Waals surface area (Å²) in [7, 11) is 1.60. The normalized spacial score (nSPS) is 15.3. The van der Waals surface area contributed by atoms with Gasteiger partial charge in [-0.1, -0.05) is 19.3 Å². The summed E-state index contributed by atoms with van der Waals surface area (Å²) in [6.45, 7) is 0.340. The van der Waals surface area contributed by atoms with Gasteiger partial charge in [0.05, 0.1) is 30.3 Å². The zero-order valence-corrected chi connectivity index (χ0v) is 18.0. The quantitative estimate of drug-likeness (QED) is 0.495. The number of furan rings is 1. The maximum atomic E-state index is 12.8. The van der Waals surface area contributed by atoms with Crippen LogP contribution in [0.25, 0.3) is 11.5 Å². The van der Waals surface area contributed by atoms with Crippen molar-refractivity contribution in [1.82, 2.24) is 20.3 Å². The molecule has 3 aromatic rings. The molecule has 4 N–H and O–H groups in total. The molecule has 3 heterocycles. The highest BCUT2D eigenvalue weighted by molar-refractivity contribution is 5.95. The van der Waals surface area contributed by atoms with E-state index in [1.165, 1.54) is 0 Å². The zero-order valence-electron chi connectivity index (χ0n) is 18.0. The molecule has 3 aromatic heterocycles. The predicted molar refractivity (Wildman–Crippen MR) is 117 cm³/mol. The lowest BCUT2D eigenvalue weighted by Gasteiger charge is -2.28. The van der Waals surface area contributed by atoms with Gasteiger partial charge in [-0.25, -0.2) is 9.97 Å². The first-order valence-corrected chi connectivity index (χ1v) is 10.8. The van der Waals surface area contributed by atoms with Crippen LogP contribution in [0.2, 0.25) is 0 Å². The van der Waals surface area contributed by atoms with Gasteiger partial charge in [0.1, 0.15) is 18.1 Å². The fourth-order valence-electron chi connectivity index (χ4n) is 4.32. The Balaban J connectivity index is 1.60. The minimum atomic E-state index is -0.699. The van der Waals surface area contributed by atoms with E-state index in [0.717, 1.165) is 37.8 Å². The number of carbonyl (C=O) groups excluding carboxylic acids is 2. The fraction of sp³-hybridized carbons (Fsp3) is 0.391. The minimum absolute atomic E-state index is 0.0144. The maximum Gasteiger partial charge on any atom is 0.284 e. The number of likely N-dealkylation sites (N-methyl/N-ethyl adjacent to an activating group) is 1. The molecule has 4 rings (SSSR count). The topological polar surface area (TPSA) is 136 Å². The molecule has 9 heteroatoms. The molecular formula is C23H27N5O4. The monoisotopic (exact) mass is 437 g/mol. The highest BCUT2D eigenvalue weighted by Crippen LogP contribution is 2.40. The number of primary amides is 1. The Hall–Kier alpha value is -3.62. The molecule has 0 radical (unpaired) electrons. The molecule has 9 nitrogen and oxygen atoms in total. The van der Waals surface area contributed by atoms with E-state index in [-0.39, 0.29) is 17.6 Å². The SMILES string of the molecule is CNC(=O)[C@H](c1cc(-c2ccc(OCc3cnc[nH]3)cn2)oc1C(N)=O)C1CCCCC1. The summed E-state index contributed by atoms with van der Waals surface area (Å²) in [5.41, 5.74) is 7.51. The summed E-state index contributed by atoms with van der Waals surface area (Å²) in [5, 5.41) is 2.74. The lowest BCUT2D eigenvalue weighted by Crippen LogP contribution is -2.33. The summed E-state index contributed by atoms with van der Waals surface area (Å²) >= 11 is 0.